The molecule has 472 valence electrons. The lowest BCUT2D eigenvalue weighted by molar-refractivity contribution is -0.180. The number of ether oxygens (including phenoxy) is 4. The van der Waals surface area contributed by atoms with Crippen LogP contribution in [0.3, 0.4) is 0 Å². The molecule has 0 radical (unpaired) electrons. The van der Waals surface area contributed by atoms with Gasteiger partial charge in [0.2, 0.25) is 0 Å². The van der Waals surface area contributed by atoms with E-state index in [2.05, 4.69) is 67.8 Å². The molecule has 19 nitrogen and oxygen atoms in total. The van der Waals surface area contributed by atoms with Gasteiger partial charge in [-0.3, -0.25) is 14.0 Å². The molecule has 3 aromatic heterocycles. The predicted octanol–water partition coefficient (Wildman–Crippen LogP) is 8.81. The number of nitrogens with zero attached hydrogens (tertiary/aromatic N) is 9. The Bertz CT molecular complexity index is 2840. The summed E-state index contributed by atoms with van der Waals surface area (Å²) in [5.74, 6) is 12.5. The third-order valence-corrected chi connectivity index (χ3v) is 19.9. The minimum Gasteiger partial charge on any atom is -0.395 e. The number of benzene rings is 1. The van der Waals surface area contributed by atoms with Crippen molar-refractivity contribution in [3.05, 3.63) is 118 Å². The van der Waals surface area contributed by atoms with Crippen LogP contribution in [0, 0.1) is 23.7 Å². The van der Waals surface area contributed by atoms with Crippen molar-refractivity contribution in [2.75, 3.05) is 46.2 Å². The highest BCUT2D eigenvalue weighted by molar-refractivity contribution is 8.01. The second kappa shape index (κ2) is 35.4. The van der Waals surface area contributed by atoms with Crippen molar-refractivity contribution in [1.82, 2.24) is 44.3 Å². The zero-order valence-electron chi connectivity index (χ0n) is 53.5. The van der Waals surface area contributed by atoms with Crippen LogP contribution in [0.1, 0.15) is 136 Å². The quantitative estimate of drug-likeness (QED) is 0.0452. The average molecular weight is 1240 g/mol. The molecule has 0 amide bonds. The van der Waals surface area contributed by atoms with Crippen molar-refractivity contribution in [2.24, 2.45) is 0 Å². The number of thioether (sulfide) groups is 3. The van der Waals surface area contributed by atoms with Crippen molar-refractivity contribution in [2.45, 2.75) is 204 Å². The SMILES string of the molecule is CC(C)=C(C)C#C/C(C)=C(/C)C1OCC(SC(C)C(C)(O)Cn2cncn2)CO1.CC(C)=C(C)C#C/C(C)=C(/C)CO.CC(O)(Cn1cncn1)C(C)(C)SC(CO)CO.CC(O)(Cn1cncn1)C(C)(C)SC1COC(c2ccccc2)OC1. The normalized spacial score (nSPS) is 20.1. The van der Waals surface area contributed by atoms with Gasteiger partial charge in [0.1, 0.15) is 38.0 Å². The lowest BCUT2D eigenvalue weighted by Gasteiger charge is -2.42. The molecule has 2 aliphatic heterocycles. The maximum Gasteiger partial charge on any atom is 0.183 e. The molecule has 0 aliphatic carbocycles. The molecule has 4 aromatic rings. The standard InChI is InChI=1S/C22H33N3O3S.C18H25N3O3S.C12H18O.C11H21N3O3S/c1-15(2)16(3)8-9-17(4)18(5)21-27-10-20(11-28-21)29-19(6)22(7,26)12-25-14-23-13-24-25;1-17(2,18(3,22)11-21-13-19-12-20-21)25-15-9-23-16(24-10-15)14-7-5-4-6-8-14;1-9(2)10(3)6-7-11(4)12(5)8-13;1-10(2,18-9(4-15)5-16)11(3,17)6-14-8-12-7-13-14/h13-14,19-21,26H,10-12H2,1-7H3;4-8,12-13,15-16,22H,9-11H2,1-3H3;13H,8H2,1-5H3;7-9,15-17H,4-6H2,1-3H3/b18-17-;;12-11-;. The van der Waals surface area contributed by atoms with Crippen LogP contribution in [0.2, 0.25) is 0 Å². The van der Waals surface area contributed by atoms with E-state index in [4.69, 9.17) is 34.3 Å². The van der Waals surface area contributed by atoms with Crippen LogP contribution >= 0.6 is 35.3 Å². The highest BCUT2D eigenvalue weighted by Gasteiger charge is 2.44. The van der Waals surface area contributed by atoms with Crippen LogP contribution in [0.5, 0.6) is 0 Å². The van der Waals surface area contributed by atoms with E-state index in [0.29, 0.717) is 46.1 Å². The molecule has 1 aromatic carbocycles. The summed E-state index contributed by atoms with van der Waals surface area (Å²) in [5.41, 5.74) is 6.65. The predicted molar refractivity (Wildman–Crippen MR) is 342 cm³/mol. The lowest BCUT2D eigenvalue weighted by Crippen LogP contribution is -2.50. The largest absolute Gasteiger partial charge is 0.395 e. The third-order valence-electron chi connectivity index (χ3n) is 15.0. The van der Waals surface area contributed by atoms with Crippen molar-refractivity contribution >= 4 is 35.3 Å². The molecule has 2 aliphatic rings. The van der Waals surface area contributed by atoms with Crippen LogP contribution < -0.4 is 0 Å². The molecule has 0 bridgehead atoms. The average Bonchev–Trinajstić information content (AvgIpc) is 3.58. The Morgan fingerprint density at radius 1 is 0.576 bits per heavy atom. The summed E-state index contributed by atoms with van der Waals surface area (Å²) in [7, 11) is 0. The number of aliphatic hydroxyl groups excluding tert-OH is 3. The summed E-state index contributed by atoms with van der Waals surface area (Å²) in [6, 6.07) is 9.95. The van der Waals surface area contributed by atoms with Gasteiger partial charge in [-0.2, -0.15) is 15.3 Å². The summed E-state index contributed by atoms with van der Waals surface area (Å²) in [5, 5.41) is 71.6. The summed E-state index contributed by atoms with van der Waals surface area (Å²) in [6.45, 7) is 38.5. The maximum atomic E-state index is 11.0. The van der Waals surface area contributed by atoms with Gasteiger partial charge < -0.3 is 49.6 Å². The van der Waals surface area contributed by atoms with Gasteiger partial charge in [-0.25, -0.2) is 15.0 Å². The molecule has 4 atom stereocenters. The van der Waals surface area contributed by atoms with E-state index < -0.39 is 26.3 Å². The molecule has 22 heteroatoms. The molecule has 0 spiro atoms. The number of aliphatic hydroxyl groups is 6. The van der Waals surface area contributed by atoms with Gasteiger partial charge in [0.05, 0.1) is 98.4 Å². The number of rotatable bonds is 20. The van der Waals surface area contributed by atoms with E-state index in [1.165, 1.54) is 41.9 Å². The summed E-state index contributed by atoms with van der Waals surface area (Å²) < 4.78 is 27.6. The van der Waals surface area contributed by atoms with E-state index in [1.54, 1.807) is 63.5 Å². The number of hydrogen-bond donors (Lipinski definition) is 6. The van der Waals surface area contributed by atoms with Gasteiger partial charge in [-0.1, -0.05) is 72.1 Å². The summed E-state index contributed by atoms with van der Waals surface area (Å²) in [4.78, 5) is 11.7. The first-order valence-electron chi connectivity index (χ1n) is 28.4. The molecule has 2 saturated heterocycles. The van der Waals surface area contributed by atoms with Crippen molar-refractivity contribution in [1.29, 1.82) is 0 Å². The highest BCUT2D eigenvalue weighted by Crippen LogP contribution is 2.42. The first kappa shape index (κ1) is 74.6. The third kappa shape index (κ3) is 25.2. The molecule has 6 rings (SSSR count). The van der Waals surface area contributed by atoms with Gasteiger partial charge in [0.25, 0.3) is 0 Å². The molecule has 85 heavy (non-hydrogen) atoms. The van der Waals surface area contributed by atoms with Crippen LogP contribution in [-0.2, 0) is 38.6 Å². The van der Waals surface area contributed by atoms with Crippen LogP contribution in [0.15, 0.2) is 113 Å². The van der Waals surface area contributed by atoms with E-state index in [0.717, 1.165) is 39.0 Å². The molecule has 0 saturated carbocycles. The Kier molecular flexibility index (Phi) is 31.1. The zero-order chi connectivity index (χ0) is 63.8. The maximum absolute atomic E-state index is 11.0. The molecular weight excluding hydrogens is 1140 g/mol. The van der Waals surface area contributed by atoms with E-state index in [9.17, 15) is 15.3 Å². The van der Waals surface area contributed by atoms with E-state index in [-0.39, 0.29) is 53.4 Å². The molecular formula is C63H97N9O10S3. The van der Waals surface area contributed by atoms with E-state index >= 15 is 0 Å². The van der Waals surface area contributed by atoms with Crippen LogP contribution in [0.4, 0.5) is 0 Å². The zero-order valence-corrected chi connectivity index (χ0v) is 55.9. The number of hydrogen-bond acceptors (Lipinski definition) is 19. The summed E-state index contributed by atoms with van der Waals surface area (Å²) in [6.07, 6.45) is 8.47. The highest BCUT2D eigenvalue weighted by atomic mass is 32.2. The number of allylic oxidation sites excluding steroid dienone is 6. The molecule has 6 N–H and O–H groups in total. The second-order valence-electron chi connectivity index (χ2n) is 23.5. The molecule has 5 heterocycles. The first-order valence-corrected chi connectivity index (χ1v) is 31.1. The minimum atomic E-state index is -1.05. The Balaban J connectivity index is 0.000000309. The van der Waals surface area contributed by atoms with Crippen molar-refractivity contribution in [3.8, 4) is 23.7 Å². The fourth-order valence-corrected chi connectivity index (χ4v) is 11.4. The van der Waals surface area contributed by atoms with Crippen LogP contribution in [-0.4, -0.2) is 175 Å². The second-order valence-corrected chi connectivity index (χ2v) is 29.0. The smallest absolute Gasteiger partial charge is 0.183 e. The fourth-order valence-electron chi connectivity index (χ4n) is 7.36. The number of aromatic nitrogens is 9. The van der Waals surface area contributed by atoms with Gasteiger partial charge in [0, 0.05) is 31.5 Å². The Hall–Kier alpha value is -4.63. The van der Waals surface area contributed by atoms with Gasteiger partial charge >= 0.3 is 0 Å². The van der Waals surface area contributed by atoms with Gasteiger partial charge in [0.15, 0.2) is 12.6 Å². The lowest BCUT2D eigenvalue weighted by atomic mass is 9.91. The molecule has 4 unspecified atom stereocenters. The molecule has 2 fully saturated rings. The summed E-state index contributed by atoms with van der Waals surface area (Å²) >= 11 is 4.73. The van der Waals surface area contributed by atoms with E-state index in [1.807, 2.05) is 134 Å². The van der Waals surface area contributed by atoms with Crippen molar-refractivity contribution < 1.29 is 49.6 Å². The van der Waals surface area contributed by atoms with Gasteiger partial charge in [-0.05, 0) is 140 Å². The van der Waals surface area contributed by atoms with Crippen molar-refractivity contribution in [3.63, 3.8) is 0 Å². The topological polar surface area (TPSA) is 250 Å². The fraction of sp³-hybridized carbons (Fsp3) is 0.619. The first-order chi connectivity index (χ1) is 39.8. The minimum absolute atomic E-state index is 0.0169. The van der Waals surface area contributed by atoms with Gasteiger partial charge in [-0.15, -0.1) is 35.3 Å². The monoisotopic (exact) mass is 1240 g/mol. The Morgan fingerprint density at radius 3 is 1.42 bits per heavy atom. The Labute approximate surface area is 519 Å². The van der Waals surface area contributed by atoms with Crippen LogP contribution in [0.25, 0.3) is 0 Å². The Morgan fingerprint density at radius 2 is 1.00 bits per heavy atom.